The summed E-state index contributed by atoms with van der Waals surface area (Å²) >= 11 is 0. The van der Waals surface area contributed by atoms with E-state index >= 15 is 0 Å². The average Bonchev–Trinajstić information content (AvgIpc) is 2.76. The Morgan fingerprint density at radius 3 is 1.18 bits per heavy atom. The fourth-order valence-electron chi connectivity index (χ4n) is 3.26. The normalized spacial score (nSPS) is 9.24. The summed E-state index contributed by atoms with van der Waals surface area (Å²) in [4.78, 5) is 8.33. The number of rotatable bonds is 12. The minimum absolute atomic E-state index is 0. The Bertz CT molecular complexity index is 666. The molecule has 0 saturated carbocycles. The van der Waals surface area contributed by atoms with Crippen molar-refractivity contribution in [2.24, 2.45) is 0 Å². The molecule has 0 spiro atoms. The number of carboxylic acid groups (broad SMARTS) is 2. The summed E-state index contributed by atoms with van der Waals surface area (Å²) in [5.74, 6) is 0.394. The summed E-state index contributed by atoms with van der Waals surface area (Å²) in [6.45, 7) is 4.43. The van der Waals surface area contributed by atoms with Crippen LogP contribution in [0.5, 0.6) is 11.5 Å². The van der Waals surface area contributed by atoms with Crippen molar-refractivity contribution >= 4 is 104 Å². The van der Waals surface area contributed by atoms with Gasteiger partial charge in [-0.25, -0.2) is 0 Å². The second-order valence-corrected chi connectivity index (χ2v) is 7.79. The molecule has 0 amide bonds. The first-order valence-electron chi connectivity index (χ1n) is 11.8. The van der Waals surface area contributed by atoms with Crippen LogP contribution >= 0.6 is 0 Å². The van der Waals surface area contributed by atoms with Crippen LogP contribution in [0, 0.1) is 0 Å². The van der Waals surface area contributed by atoms with Crippen molar-refractivity contribution in [1.82, 2.24) is 0 Å². The molecule has 7 heteroatoms. The van der Waals surface area contributed by atoms with Crippen LogP contribution in [0.4, 0.5) is 4.79 Å². The van der Waals surface area contributed by atoms with E-state index in [0.29, 0.717) is 0 Å². The first-order valence-corrected chi connectivity index (χ1v) is 11.8. The number of unbranched alkanes of at least 4 members (excludes halogenated alkanes) is 8. The van der Waals surface area contributed by atoms with Gasteiger partial charge < -0.3 is 25.2 Å². The molecule has 0 atom stereocenters. The molecule has 0 saturated heterocycles. The number of hydrogen-bond acceptors (Lipinski definition) is 5. The summed E-state index contributed by atoms with van der Waals surface area (Å²) in [6, 6.07) is 14.7. The first kappa shape index (κ1) is 39.0. The molecule has 0 radical (unpaired) electrons. The predicted octanol–water partition coefficient (Wildman–Crippen LogP) is 3.34. The van der Waals surface area contributed by atoms with Crippen molar-refractivity contribution in [3.05, 3.63) is 59.7 Å². The second-order valence-electron chi connectivity index (χ2n) is 7.79. The largest absolute Gasteiger partial charge is 2.00 e. The maximum Gasteiger partial charge on any atom is 2.00 e. The molecule has 0 aliphatic heterocycles. The maximum atomic E-state index is 11.3. The third-order valence-corrected chi connectivity index (χ3v) is 5.04. The van der Waals surface area contributed by atoms with Crippen molar-refractivity contribution in [1.29, 1.82) is 0 Å². The van der Waals surface area contributed by atoms with E-state index in [9.17, 15) is 10.2 Å². The van der Waals surface area contributed by atoms with Crippen LogP contribution in [0.15, 0.2) is 48.5 Å². The Morgan fingerprint density at radius 2 is 0.882 bits per heavy atom. The molecule has 34 heavy (non-hydrogen) atoms. The number of carbonyl (C=O) groups excluding carboxylic acids is 1. The van der Waals surface area contributed by atoms with E-state index in [4.69, 9.17) is 15.0 Å². The van der Waals surface area contributed by atoms with Gasteiger partial charge in [-0.3, -0.25) is 0 Å². The molecule has 0 bridgehead atoms. The summed E-state index contributed by atoms with van der Waals surface area (Å²) in [6.07, 6.45) is 12.2. The van der Waals surface area contributed by atoms with Gasteiger partial charge in [0.25, 0.3) is 0 Å². The molecule has 5 nitrogen and oxygen atoms in total. The van der Waals surface area contributed by atoms with Crippen molar-refractivity contribution in [3.8, 4) is 11.5 Å². The zero-order valence-electron chi connectivity index (χ0n) is 21.1. The van der Waals surface area contributed by atoms with Crippen LogP contribution in [0.1, 0.15) is 89.2 Å². The van der Waals surface area contributed by atoms with E-state index in [2.05, 4.69) is 13.8 Å². The summed E-state index contributed by atoms with van der Waals surface area (Å²) in [7, 11) is 0. The molecule has 180 valence electrons. The minimum atomic E-state index is -2.33. The summed E-state index contributed by atoms with van der Waals surface area (Å²) in [5.41, 5.74) is 1.95. The second kappa shape index (κ2) is 28.0. The van der Waals surface area contributed by atoms with Crippen LogP contribution in [-0.4, -0.2) is 104 Å². The summed E-state index contributed by atoms with van der Waals surface area (Å²) < 4.78 is 0. The van der Waals surface area contributed by atoms with Gasteiger partial charge in [0.15, 0.2) is 0 Å². The molecular formula is C27H38Ba2O5. The molecule has 0 N–H and O–H groups in total. The van der Waals surface area contributed by atoms with E-state index in [-0.39, 0.29) is 109 Å². The molecule has 0 unspecified atom stereocenters. The molecule has 0 aromatic heterocycles. The number of para-hydroxylation sites is 2. The number of hydrogen-bond donors (Lipinski definition) is 0. The fraction of sp³-hybridized carbons (Fsp3) is 0.519. The van der Waals surface area contributed by atoms with Gasteiger partial charge in [-0.15, -0.1) is 11.5 Å². The van der Waals surface area contributed by atoms with E-state index < -0.39 is 6.16 Å². The Morgan fingerprint density at radius 1 is 0.588 bits per heavy atom. The van der Waals surface area contributed by atoms with Gasteiger partial charge in [0.1, 0.15) is 0 Å². The minimum Gasteiger partial charge on any atom is -0.872 e. The summed E-state index contributed by atoms with van der Waals surface area (Å²) in [5, 5.41) is 39.3. The molecule has 0 heterocycles. The Kier molecular flexibility index (Phi) is 32.1. The first-order chi connectivity index (χ1) is 15.4. The number of aryl methyl sites for hydroxylation is 2. The smallest absolute Gasteiger partial charge is 0.872 e. The van der Waals surface area contributed by atoms with Gasteiger partial charge in [0.2, 0.25) is 0 Å². The van der Waals surface area contributed by atoms with Crippen molar-refractivity contribution in [2.75, 3.05) is 0 Å². The van der Waals surface area contributed by atoms with Crippen LogP contribution in [-0.2, 0) is 12.8 Å². The molecule has 0 aliphatic carbocycles. The quantitative estimate of drug-likeness (QED) is 0.248. The molecular weight excluding hydrogens is 679 g/mol. The Hall–Kier alpha value is 0.453. The topological polar surface area (TPSA) is 109 Å². The van der Waals surface area contributed by atoms with Gasteiger partial charge in [0, 0.05) is 0 Å². The molecule has 0 aliphatic rings. The third-order valence-electron chi connectivity index (χ3n) is 5.04. The molecule has 2 rings (SSSR count). The SMILES string of the molecule is CCCCCCCc1ccccc1[O-].CCCCCCCc1ccccc1[O-].O=C([O-])[O-].[Ba+2].[Ba+2]. The van der Waals surface area contributed by atoms with Crippen LogP contribution < -0.4 is 20.4 Å². The van der Waals surface area contributed by atoms with E-state index in [1.165, 1.54) is 51.4 Å². The monoisotopic (exact) mass is 718 g/mol. The van der Waals surface area contributed by atoms with Crippen molar-refractivity contribution in [3.63, 3.8) is 0 Å². The van der Waals surface area contributed by atoms with E-state index in [1.54, 1.807) is 12.1 Å². The van der Waals surface area contributed by atoms with E-state index in [0.717, 1.165) is 36.8 Å². The van der Waals surface area contributed by atoms with E-state index in [1.807, 2.05) is 36.4 Å². The zero-order valence-corrected chi connectivity index (χ0v) is 29.9. The average molecular weight is 717 g/mol. The fourth-order valence-corrected chi connectivity index (χ4v) is 3.26. The molecule has 2 aromatic carbocycles. The predicted molar refractivity (Wildman–Crippen MR) is 134 cm³/mol. The van der Waals surface area contributed by atoms with Gasteiger partial charge in [-0.1, -0.05) is 125 Å². The third kappa shape index (κ3) is 24.2. The Balaban J connectivity index is -0.000000465. The van der Waals surface area contributed by atoms with Crippen LogP contribution in [0.2, 0.25) is 0 Å². The van der Waals surface area contributed by atoms with Crippen molar-refractivity contribution in [2.45, 2.75) is 90.9 Å². The molecule has 2 aromatic rings. The zero-order chi connectivity index (χ0) is 24.0. The van der Waals surface area contributed by atoms with Gasteiger partial charge in [-0.2, -0.15) is 0 Å². The van der Waals surface area contributed by atoms with Crippen molar-refractivity contribution < 1.29 is 25.2 Å². The van der Waals surface area contributed by atoms with Gasteiger partial charge in [-0.05, 0) is 31.8 Å². The van der Waals surface area contributed by atoms with Gasteiger partial charge in [0.05, 0.1) is 0 Å². The van der Waals surface area contributed by atoms with Crippen LogP contribution in [0.3, 0.4) is 0 Å². The van der Waals surface area contributed by atoms with Gasteiger partial charge >= 0.3 is 97.8 Å². The number of carbonyl (C=O) groups is 1. The Labute approximate surface area is 286 Å². The maximum absolute atomic E-state index is 11.3. The number of benzene rings is 2. The van der Waals surface area contributed by atoms with Crippen LogP contribution in [0.25, 0.3) is 0 Å². The standard InChI is InChI=1S/2C13H20O.CH2O3.2Ba/c2*1-2-3-4-5-6-9-12-10-7-8-11-13(12)14;2-1(3)4;;/h2*7-8,10-11,14H,2-6,9H2,1H3;(H2,2,3,4);;/q;;;2*+2/p-4. The molecule has 0 fully saturated rings.